The number of fused-ring (bicyclic) bond motifs is 6. The van der Waals surface area contributed by atoms with Crippen LogP contribution in [0.3, 0.4) is 0 Å². The number of nitriles is 2. The predicted molar refractivity (Wildman–Crippen MR) is 251 cm³/mol. The average molecular weight is 831 g/mol. The van der Waals surface area contributed by atoms with Gasteiger partial charge < -0.3 is 9.13 Å². The fourth-order valence-electron chi connectivity index (χ4n) is 9.28. The van der Waals surface area contributed by atoms with E-state index in [0.717, 1.165) is 100 Å². The molecule has 0 amide bonds. The minimum Gasteiger partial charge on any atom is -0.309 e. The van der Waals surface area contributed by atoms with E-state index in [-0.39, 0.29) is 5.56 Å². The minimum atomic E-state index is -4.61. The molecule has 2 aromatic heterocycles. The first-order valence-electron chi connectivity index (χ1n) is 20.8. The van der Waals surface area contributed by atoms with Gasteiger partial charge in [0.1, 0.15) is 0 Å². The number of para-hydroxylation sites is 2. The zero-order chi connectivity index (χ0) is 43.5. The Hall–Kier alpha value is -8.65. The molecule has 0 aliphatic heterocycles. The number of hydrogen-bond donors (Lipinski definition) is 0. The number of halogens is 3. The number of aromatic nitrogens is 2. The van der Waals surface area contributed by atoms with Crippen molar-refractivity contribution >= 4 is 43.6 Å². The smallest absolute Gasteiger partial charge is 0.309 e. The fraction of sp³-hybridized carbons (Fsp3) is 0.0175. The Morgan fingerprint density at radius 2 is 0.875 bits per heavy atom. The Bertz CT molecular complexity index is 3730. The Morgan fingerprint density at radius 1 is 0.359 bits per heavy atom. The lowest BCUT2D eigenvalue weighted by Gasteiger charge is -2.20. The van der Waals surface area contributed by atoms with Crippen LogP contribution in [0.5, 0.6) is 0 Å². The Morgan fingerprint density at radius 3 is 1.44 bits per heavy atom. The van der Waals surface area contributed by atoms with Crippen LogP contribution in [0.2, 0.25) is 0 Å². The third-order valence-corrected chi connectivity index (χ3v) is 12.2. The lowest BCUT2D eigenvalue weighted by molar-refractivity contribution is -0.137. The van der Waals surface area contributed by atoms with Crippen LogP contribution in [-0.4, -0.2) is 9.13 Å². The van der Waals surface area contributed by atoms with Crippen molar-refractivity contribution in [3.8, 4) is 68.0 Å². The molecule has 0 atom stereocenters. The molecule has 0 fully saturated rings. The summed E-state index contributed by atoms with van der Waals surface area (Å²) in [4.78, 5) is 0. The van der Waals surface area contributed by atoms with Gasteiger partial charge in [-0.15, -0.1) is 0 Å². The molecule has 0 unspecified atom stereocenters. The van der Waals surface area contributed by atoms with E-state index in [4.69, 9.17) is 0 Å². The van der Waals surface area contributed by atoms with Gasteiger partial charge in [0.15, 0.2) is 0 Å². The van der Waals surface area contributed by atoms with Crippen LogP contribution in [-0.2, 0) is 6.18 Å². The van der Waals surface area contributed by atoms with Crippen LogP contribution < -0.4 is 0 Å². The van der Waals surface area contributed by atoms with E-state index in [1.807, 2.05) is 97.1 Å². The highest BCUT2D eigenvalue weighted by Gasteiger charge is 2.31. The summed E-state index contributed by atoms with van der Waals surface area (Å²) >= 11 is 0. The summed E-state index contributed by atoms with van der Waals surface area (Å²) in [6.07, 6.45) is -4.61. The SMILES string of the molecule is N#Cc1ccc(-c2cc(-c3ccc(C(F)(F)F)cc3C#N)ccc2-n2c3ccccc3c3cc(-c4ccccc4)ccc32)c(-n2c3ccccc3c3cc(-c4ccccc4)ccc32)c1. The van der Waals surface area contributed by atoms with Crippen molar-refractivity contribution in [3.63, 3.8) is 0 Å². The summed E-state index contributed by atoms with van der Waals surface area (Å²) in [5, 5.41) is 24.9. The molecule has 9 aromatic carbocycles. The van der Waals surface area contributed by atoms with Crippen molar-refractivity contribution in [2.24, 2.45) is 0 Å². The first kappa shape index (κ1) is 38.3. The summed E-state index contributed by atoms with van der Waals surface area (Å²) in [5.41, 5.74) is 11.7. The van der Waals surface area contributed by atoms with E-state index in [1.54, 1.807) is 6.07 Å². The second kappa shape index (κ2) is 15.1. The first-order chi connectivity index (χ1) is 31.3. The Labute approximate surface area is 366 Å². The summed E-state index contributed by atoms with van der Waals surface area (Å²) in [6, 6.07) is 69.1. The molecule has 64 heavy (non-hydrogen) atoms. The molecular formula is C57H33F3N4. The zero-order valence-corrected chi connectivity index (χ0v) is 34.0. The largest absolute Gasteiger partial charge is 0.416 e. The second-order valence-electron chi connectivity index (χ2n) is 15.8. The molecule has 0 aliphatic rings. The summed E-state index contributed by atoms with van der Waals surface area (Å²) in [5.74, 6) is 0. The van der Waals surface area contributed by atoms with E-state index in [1.165, 1.54) is 6.07 Å². The maximum atomic E-state index is 13.9. The lowest BCUT2D eigenvalue weighted by Crippen LogP contribution is -2.05. The van der Waals surface area contributed by atoms with Gasteiger partial charge in [0.05, 0.1) is 62.3 Å². The maximum absolute atomic E-state index is 13.9. The molecule has 0 saturated heterocycles. The van der Waals surface area contributed by atoms with E-state index >= 15 is 0 Å². The molecule has 4 nitrogen and oxygen atoms in total. The Balaban J connectivity index is 1.22. The number of rotatable bonds is 6. The van der Waals surface area contributed by atoms with Gasteiger partial charge in [0, 0.05) is 32.7 Å². The quantitative estimate of drug-likeness (QED) is 0.168. The average Bonchev–Trinajstić information content (AvgIpc) is 3.85. The van der Waals surface area contributed by atoms with Gasteiger partial charge in [-0.3, -0.25) is 0 Å². The van der Waals surface area contributed by atoms with Gasteiger partial charge in [-0.25, -0.2) is 0 Å². The van der Waals surface area contributed by atoms with Crippen molar-refractivity contribution in [2.45, 2.75) is 6.18 Å². The monoisotopic (exact) mass is 830 g/mol. The highest BCUT2D eigenvalue weighted by atomic mass is 19.4. The molecule has 0 bridgehead atoms. The van der Waals surface area contributed by atoms with Crippen LogP contribution in [0.4, 0.5) is 13.2 Å². The van der Waals surface area contributed by atoms with E-state index in [2.05, 4.69) is 100 Å². The van der Waals surface area contributed by atoms with Crippen LogP contribution in [0.25, 0.3) is 99.5 Å². The number of hydrogen-bond acceptors (Lipinski definition) is 2. The van der Waals surface area contributed by atoms with Crippen molar-refractivity contribution in [2.75, 3.05) is 0 Å². The number of nitrogens with zero attached hydrogens (tertiary/aromatic N) is 4. The summed E-state index contributed by atoms with van der Waals surface area (Å²) in [6.45, 7) is 0. The van der Waals surface area contributed by atoms with Crippen LogP contribution in [0.1, 0.15) is 16.7 Å². The molecule has 0 N–H and O–H groups in total. The normalized spacial score (nSPS) is 11.6. The third kappa shape index (κ3) is 6.30. The number of alkyl halides is 3. The van der Waals surface area contributed by atoms with Gasteiger partial charge in [0.25, 0.3) is 0 Å². The molecule has 11 rings (SSSR count). The van der Waals surface area contributed by atoms with Gasteiger partial charge in [-0.2, -0.15) is 23.7 Å². The van der Waals surface area contributed by atoms with Gasteiger partial charge in [-0.05, 0) is 106 Å². The van der Waals surface area contributed by atoms with Gasteiger partial charge in [0.2, 0.25) is 0 Å². The lowest BCUT2D eigenvalue weighted by atomic mass is 9.92. The van der Waals surface area contributed by atoms with E-state index in [0.29, 0.717) is 16.7 Å². The molecule has 302 valence electrons. The van der Waals surface area contributed by atoms with Crippen molar-refractivity contribution in [1.29, 1.82) is 10.5 Å². The van der Waals surface area contributed by atoms with Gasteiger partial charge >= 0.3 is 6.18 Å². The molecule has 2 heterocycles. The summed E-state index contributed by atoms with van der Waals surface area (Å²) in [7, 11) is 0. The number of benzene rings is 9. The van der Waals surface area contributed by atoms with Crippen molar-refractivity contribution in [3.05, 3.63) is 217 Å². The van der Waals surface area contributed by atoms with Crippen LogP contribution in [0, 0.1) is 22.7 Å². The maximum Gasteiger partial charge on any atom is 0.416 e. The molecule has 11 aromatic rings. The first-order valence-corrected chi connectivity index (χ1v) is 20.8. The van der Waals surface area contributed by atoms with Crippen LogP contribution in [0.15, 0.2) is 200 Å². The highest BCUT2D eigenvalue weighted by molar-refractivity contribution is 6.13. The van der Waals surface area contributed by atoms with Crippen molar-refractivity contribution in [1.82, 2.24) is 9.13 Å². The highest BCUT2D eigenvalue weighted by Crippen LogP contribution is 2.44. The zero-order valence-electron chi connectivity index (χ0n) is 34.0. The van der Waals surface area contributed by atoms with Crippen molar-refractivity contribution < 1.29 is 13.2 Å². The van der Waals surface area contributed by atoms with Crippen LogP contribution >= 0.6 is 0 Å². The molecule has 0 spiro atoms. The molecule has 0 radical (unpaired) electrons. The minimum absolute atomic E-state index is 0.0875. The standard InChI is InChI=1S/C57H33F3N4/c58-57(59,60)43-23-25-44(42(30-43)35-62)41-22-28-54(63-51-17-9-7-15-45(51)48-31-39(20-26-53(48)63)37-11-3-1-4-12-37)50(33-41)47-24-19-36(34-61)29-56(47)64-52-18-10-8-16-46(52)49-32-40(21-27-55(49)64)38-13-5-2-6-14-38/h1-33H. The molecule has 7 heteroatoms. The Kier molecular flexibility index (Phi) is 9.01. The summed E-state index contributed by atoms with van der Waals surface area (Å²) < 4.78 is 46.3. The van der Waals surface area contributed by atoms with Gasteiger partial charge in [-0.1, -0.05) is 127 Å². The molecular weight excluding hydrogens is 798 g/mol. The fourth-order valence-corrected chi connectivity index (χ4v) is 9.28. The van der Waals surface area contributed by atoms with E-state index in [9.17, 15) is 23.7 Å². The molecule has 0 saturated carbocycles. The second-order valence-corrected chi connectivity index (χ2v) is 15.8. The topological polar surface area (TPSA) is 57.4 Å². The van der Waals surface area contributed by atoms with E-state index < -0.39 is 11.7 Å². The third-order valence-electron chi connectivity index (χ3n) is 12.2. The predicted octanol–water partition coefficient (Wildman–Crippen LogP) is 15.3. The molecule has 0 aliphatic carbocycles.